The molecule has 2 aromatic rings. The van der Waals surface area contributed by atoms with Crippen molar-refractivity contribution in [3.63, 3.8) is 0 Å². The number of hydrogen-bond acceptors (Lipinski definition) is 6. The van der Waals surface area contributed by atoms with E-state index in [1.807, 2.05) is 0 Å². The van der Waals surface area contributed by atoms with Gasteiger partial charge in [0, 0.05) is 5.02 Å². The minimum atomic E-state index is -1.31. The zero-order valence-corrected chi connectivity index (χ0v) is 14.8. The second kappa shape index (κ2) is 7.63. The molecule has 132 valence electrons. The standard InChI is InChI=1S/C18H12ClNO5S/c19-12-3-5-13(6-4-12)20-17(23)15(26-18(20)24)9-11-1-7-14(8-2-11)25-10-16(21)22/h1-9H,10H2,(H,21,22)/p-1/b15-9-. The van der Waals surface area contributed by atoms with Gasteiger partial charge in [0.2, 0.25) is 0 Å². The lowest BCUT2D eigenvalue weighted by molar-refractivity contribution is -0.307. The average molecular weight is 389 g/mol. The number of nitrogens with zero attached hydrogens (tertiary/aromatic N) is 1. The molecule has 8 heteroatoms. The molecule has 0 saturated carbocycles. The van der Waals surface area contributed by atoms with Crippen LogP contribution in [0.15, 0.2) is 53.4 Å². The summed E-state index contributed by atoms with van der Waals surface area (Å²) in [5.74, 6) is -1.37. The SMILES string of the molecule is O=C([O-])COc1ccc(/C=C2\SC(=O)N(c3ccc(Cl)cc3)C2=O)cc1. The van der Waals surface area contributed by atoms with Crippen LogP contribution in [0.25, 0.3) is 6.08 Å². The summed E-state index contributed by atoms with van der Waals surface area (Å²) in [5.41, 5.74) is 1.12. The smallest absolute Gasteiger partial charge is 0.298 e. The van der Waals surface area contributed by atoms with Crippen LogP contribution in [0.3, 0.4) is 0 Å². The molecule has 2 amide bonds. The van der Waals surface area contributed by atoms with E-state index in [-0.39, 0.29) is 4.91 Å². The second-order valence-electron chi connectivity index (χ2n) is 5.22. The van der Waals surface area contributed by atoms with Gasteiger partial charge in [0.15, 0.2) is 0 Å². The van der Waals surface area contributed by atoms with Crippen molar-refractivity contribution in [3.05, 3.63) is 64.0 Å². The largest absolute Gasteiger partial charge is 0.546 e. The molecule has 0 atom stereocenters. The van der Waals surface area contributed by atoms with E-state index in [1.165, 1.54) is 0 Å². The first-order valence-electron chi connectivity index (χ1n) is 7.40. The number of carboxylic acids is 1. The highest BCUT2D eigenvalue weighted by Crippen LogP contribution is 2.36. The van der Waals surface area contributed by atoms with Crippen molar-refractivity contribution in [3.8, 4) is 5.75 Å². The van der Waals surface area contributed by atoms with Gasteiger partial charge in [-0.3, -0.25) is 9.59 Å². The molecule has 0 aromatic heterocycles. The Balaban J connectivity index is 1.77. The third-order valence-electron chi connectivity index (χ3n) is 3.41. The number of halogens is 1. The molecule has 0 unspecified atom stereocenters. The van der Waals surface area contributed by atoms with E-state index in [2.05, 4.69) is 0 Å². The molecule has 1 aliphatic heterocycles. The van der Waals surface area contributed by atoms with Crippen LogP contribution in [-0.2, 0) is 9.59 Å². The number of amides is 2. The molecular formula is C18H11ClNO5S-. The van der Waals surface area contributed by atoms with Crippen LogP contribution in [0.2, 0.25) is 5.02 Å². The Kier molecular flexibility index (Phi) is 5.29. The minimum absolute atomic E-state index is 0.286. The normalized spacial score (nSPS) is 15.6. The number of carboxylic acid groups (broad SMARTS) is 1. The molecule has 0 spiro atoms. The second-order valence-corrected chi connectivity index (χ2v) is 6.65. The highest BCUT2D eigenvalue weighted by atomic mass is 35.5. The number of thioether (sulfide) groups is 1. The third-order valence-corrected chi connectivity index (χ3v) is 4.53. The maximum absolute atomic E-state index is 12.5. The van der Waals surface area contributed by atoms with Crippen molar-refractivity contribution in [1.29, 1.82) is 0 Å². The van der Waals surface area contributed by atoms with Crippen molar-refractivity contribution in [1.82, 2.24) is 0 Å². The molecule has 3 rings (SSSR count). The van der Waals surface area contributed by atoms with Crippen LogP contribution in [0, 0.1) is 0 Å². The van der Waals surface area contributed by atoms with Crippen LogP contribution in [0.1, 0.15) is 5.56 Å². The monoisotopic (exact) mass is 388 g/mol. The Hall–Kier alpha value is -2.77. The first-order valence-corrected chi connectivity index (χ1v) is 8.60. The Labute approximate surface area is 158 Å². The van der Waals surface area contributed by atoms with Crippen molar-refractivity contribution >= 4 is 52.2 Å². The minimum Gasteiger partial charge on any atom is -0.546 e. The van der Waals surface area contributed by atoms with Gasteiger partial charge in [-0.2, -0.15) is 0 Å². The van der Waals surface area contributed by atoms with Gasteiger partial charge >= 0.3 is 0 Å². The number of carbonyl (C=O) groups excluding carboxylic acids is 3. The van der Waals surface area contributed by atoms with Gasteiger partial charge in [0.1, 0.15) is 12.4 Å². The lowest BCUT2D eigenvalue weighted by atomic mass is 10.2. The molecule has 1 fully saturated rings. The molecule has 26 heavy (non-hydrogen) atoms. The summed E-state index contributed by atoms with van der Waals surface area (Å²) < 4.78 is 4.99. The molecular weight excluding hydrogens is 378 g/mol. The number of hydrogen-bond donors (Lipinski definition) is 0. The Morgan fingerprint density at radius 1 is 1.12 bits per heavy atom. The van der Waals surface area contributed by atoms with Crippen LogP contribution >= 0.6 is 23.4 Å². The Morgan fingerprint density at radius 3 is 2.38 bits per heavy atom. The molecule has 0 N–H and O–H groups in total. The molecule has 0 radical (unpaired) electrons. The summed E-state index contributed by atoms with van der Waals surface area (Å²) in [7, 11) is 0. The molecule has 1 heterocycles. The third kappa shape index (κ3) is 4.07. The van der Waals surface area contributed by atoms with Crippen molar-refractivity contribution in [2.75, 3.05) is 11.5 Å². The van der Waals surface area contributed by atoms with Gasteiger partial charge in [0.25, 0.3) is 11.1 Å². The van der Waals surface area contributed by atoms with E-state index >= 15 is 0 Å². The molecule has 6 nitrogen and oxygen atoms in total. The van der Waals surface area contributed by atoms with E-state index in [4.69, 9.17) is 16.3 Å². The van der Waals surface area contributed by atoms with Gasteiger partial charge in [0.05, 0.1) is 16.6 Å². The number of anilines is 1. The van der Waals surface area contributed by atoms with Gasteiger partial charge in [-0.15, -0.1) is 0 Å². The number of benzene rings is 2. The summed E-state index contributed by atoms with van der Waals surface area (Å²) in [4.78, 5) is 36.5. The first-order chi connectivity index (χ1) is 12.4. The average Bonchev–Trinajstić information content (AvgIpc) is 2.89. The topological polar surface area (TPSA) is 86.7 Å². The van der Waals surface area contributed by atoms with Crippen LogP contribution in [0.4, 0.5) is 10.5 Å². The van der Waals surface area contributed by atoms with Crippen molar-refractivity contribution in [2.24, 2.45) is 0 Å². The zero-order chi connectivity index (χ0) is 18.7. The van der Waals surface area contributed by atoms with E-state index in [1.54, 1.807) is 54.6 Å². The maximum atomic E-state index is 12.5. The van der Waals surface area contributed by atoms with Gasteiger partial charge in [-0.1, -0.05) is 23.7 Å². The predicted octanol–water partition coefficient (Wildman–Crippen LogP) is 2.71. The summed E-state index contributed by atoms with van der Waals surface area (Å²) in [5, 5.41) is 10.5. The van der Waals surface area contributed by atoms with E-state index < -0.39 is 23.7 Å². The molecule has 1 aliphatic rings. The summed E-state index contributed by atoms with van der Waals surface area (Å²) in [6, 6.07) is 12.9. The molecule has 2 aromatic carbocycles. The van der Waals surface area contributed by atoms with Gasteiger partial charge in [-0.25, -0.2) is 4.90 Å². The van der Waals surface area contributed by atoms with E-state index in [9.17, 15) is 19.5 Å². The van der Waals surface area contributed by atoms with E-state index in [0.717, 1.165) is 16.7 Å². The number of ether oxygens (including phenoxy) is 1. The quantitative estimate of drug-likeness (QED) is 0.732. The number of rotatable bonds is 5. The Bertz CT molecular complexity index is 893. The molecule has 0 bridgehead atoms. The van der Waals surface area contributed by atoms with Crippen LogP contribution in [-0.4, -0.2) is 23.7 Å². The fourth-order valence-corrected chi connectivity index (χ4v) is 3.20. The lowest BCUT2D eigenvalue weighted by Crippen LogP contribution is -2.28. The number of aliphatic carboxylic acids is 1. The predicted molar refractivity (Wildman–Crippen MR) is 96.8 cm³/mol. The Morgan fingerprint density at radius 2 is 1.77 bits per heavy atom. The van der Waals surface area contributed by atoms with Crippen molar-refractivity contribution in [2.45, 2.75) is 0 Å². The molecule has 0 aliphatic carbocycles. The lowest BCUT2D eigenvalue weighted by Gasteiger charge is -2.12. The first kappa shape index (κ1) is 18.0. The highest BCUT2D eigenvalue weighted by molar-refractivity contribution is 8.19. The zero-order valence-electron chi connectivity index (χ0n) is 13.2. The number of imide groups is 1. The summed E-state index contributed by atoms with van der Waals surface area (Å²) in [6.07, 6.45) is 1.59. The molecule has 1 saturated heterocycles. The fourth-order valence-electron chi connectivity index (χ4n) is 2.23. The number of carbonyl (C=O) groups is 3. The van der Waals surface area contributed by atoms with Crippen molar-refractivity contribution < 1.29 is 24.2 Å². The highest BCUT2D eigenvalue weighted by Gasteiger charge is 2.36. The van der Waals surface area contributed by atoms with Crippen LogP contribution < -0.4 is 14.7 Å². The summed E-state index contributed by atoms with van der Waals surface area (Å²) in [6.45, 7) is -0.542. The summed E-state index contributed by atoms with van der Waals surface area (Å²) >= 11 is 6.67. The fraction of sp³-hybridized carbons (Fsp3) is 0.0556. The van der Waals surface area contributed by atoms with Gasteiger partial charge in [-0.05, 0) is 59.8 Å². The van der Waals surface area contributed by atoms with E-state index in [0.29, 0.717) is 22.0 Å². The van der Waals surface area contributed by atoms with Crippen LogP contribution in [0.5, 0.6) is 5.75 Å². The maximum Gasteiger partial charge on any atom is 0.298 e. The van der Waals surface area contributed by atoms with Gasteiger partial charge < -0.3 is 14.6 Å².